The highest BCUT2D eigenvalue weighted by atomic mass is 127. The predicted molar refractivity (Wildman–Crippen MR) is 153 cm³/mol. The van der Waals surface area contributed by atoms with Crippen molar-refractivity contribution < 1.29 is 19.0 Å². The Hall–Kier alpha value is -3.17. The van der Waals surface area contributed by atoms with Crippen molar-refractivity contribution in [1.29, 1.82) is 5.26 Å². The number of hydrogen-bond acceptors (Lipinski definition) is 8. The number of hydrogen-bond donors (Lipinski definition) is 1. The van der Waals surface area contributed by atoms with Gasteiger partial charge >= 0.3 is 0 Å². The van der Waals surface area contributed by atoms with Crippen LogP contribution in [0.25, 0.3) is 6.08 Å². The Bertz CT molecular complexity index is 1280. The van der Waals surface area contributed by atoms with Crippen molar-refractivity contribution in [2.45, 2.75) is 39.5 Å². The van der Waals surface area contributed by atoms with Crippen LogP contribution in [0, 0.1) is 14.9 Å². The molecule has 0 radical (unpaired) electrons. The van der Waals surface area contributed by atoms with Crippen LogP contribution in [0.15, 0.2) is 42.0 Å². The molecular formula is C27H29IN4O4S. The number of anilines is 1. The highest BCUT2D eigenvalue weighted by Crippen LogP contribution is 2.35. The van der Waals surface area contributed by atoms with Gasteiger partial charge in [-0.25, -0.2) is 0 Å². The summed E-state index contributed by atoms with van der Waals surface area (Å²) in [6.45, 7) is 7.02. The summed E-state index contributed by atoms with van der Waals surface area (Å²) in [4.78, 5) is 12.6. The van der Waals surface area contributed by atoms with Crippen LogP contribution in [0.1, 0.15) is 49.2 Å². The van der Waals surface area contributed by atoms with Crippen molar-refractivity contribution >= 4 is 51.0 Å². The molecule has 0 bridgehead atoms. The smallest absolute Gasteiger partial charge is 0.268 e. The van der Waals surface area contributed by atoms with Crippen molar-refractivity contribution in [2.24, 2.45) is 0 Å². The summed E-state index contributed by atoms with van der Waals surface area (Å²) in [5.74, 6) is 1.82. The number of methoxy groups -OCH3 is 1. The number of aromatic nitrogens is 2. The quantitative estimate of drug-likeness (QED) is 0.109. The molecule has 8 nitrogen and oxygen atoms in total. The van der Waals surface area contributed by atoms with E-state index >= 15 is 0 Å². The third-order valence-electron chi connectivity index (χ3n) is 5.58. The lowest BCUT2D eigenvalue weighted by molar-refractivity contribution is -0.112. The molecule has 3 rings (SSSR count). The molecule has 10 heteroatoms. The monoisotopic (exact) mass is 632 g/mol. The summed E-state index contributed by atoms with van der Waals surface area (Å²) in [6, 6.07) is 13.6. The molecular weight excluding hydrogens is 603 g/mol. The molecule has 0 spiro atoms. The third-order valence-corrected chi connectivity index (χ3v) is 7.36. The number of benzene rings is 2. The molecule has 0 saturated heterocycles. The molecule has 194 valence electrons. The van der Waals surface area contributed by atoms with Crippen molar-refractivity contribution in [3.63, 3.8) is 0 Å². The fraction of sp³-hybridized carbons (Fsp3) is 0.333. The standard InChI is InChI=1S/C27H29IN4O4S/c1-5-17(3)19-7-9-21(10-8-19)35-11-12-36-25-22(28)14-18(15-23(25)34-4)13-20(16-29)26(33)30-27-32-31-24(6-2)37-27/h7-10,13-15,17H,5-6,11-12H2,1-4H3,(H,30,32,33). The van der Waals surface area contributed by atoms with Gasteiger partial charge in [-0.1, -0.05) is 44.2 Å². The fourth-order valence-corrected chi connectivity index (χ4v) is 4.78. The van der Waals surface area contributed by atoms with Crippen molar-refractivity contribution in [1.82, 2.24) is 10.2 Å². The zero-order chi connectivity index (χ0) is 26.8. The number of halogens is 1. The third kappa shape index (κ3) is 7.90. The maximum absolute atomic E-state index is 12.6. The van der Waals surface area contributed by atoms with Crippen LogP contribution in [0.3, 0.4) is 0 Å². The first-order valence-electron chi connectivity index (χ1n) is 11.9. The number of carbonyl (C=O) groups excluding carboxylic acids is 1. The van der Waals surface area contributed by atoms with Gasteiger partial charge in [0, 0.05) is 0 Å². The minimum atomic E-state index is -0.551. The summed E-state index contributed by atoms with van der Waals surface area (Å²) in [5, 5.41) is 21.2. The van der Waals surface area contributed by atoms with E-state index in [4.69, 9.17) is 14.2 Å². The lowest BCUT2D eigenvalue weighted by Gasteiger charge is -2.14. The summed E-state index contributed by atoms with van der Waals surface area (Å²) in [5.41, 5.74) is 1.86. The maximum Gasteiger partial charge on any atom is 0.268 e. The van der Waals surface area contributed by atoms with Gasteiger partial charge in [0.15, 0.2) is 11.5 Å². The first-order valence-corrected chi connectivity index (χ1v) is 13.8. The van der Waals surface area contributed by atoms with E-state index in [1.165, 1.54) is 23.0 Å². The van der Waals surface area contributed by atoms with Gasteiger partial charge in [0.05, 0.1) is 10.7 Å². The molecule has 0 aliphatic heterocycles. The zero-order valence-electron chi connectivity index (χ0n) is 21.2. The summed E-state index contributed by atoms with van der Waals surface area (Å²) < 4.78 is 18.1. The number of aryl methyl sites for hydroxylation is 1. The van der Waals surface area contributed by atoms with E-state index in [0.29, 0.717) is 41.3 Å². The Morgan fingerprint density at radius 2 is 1.92 bits per heavy atom. The zero-order valence-corrected chi connectivity index (χ0v) is 24.2. The molecule has 1 aromatic heterocycles. The Morgan fingerprint density at radius 1 is 1.19 bits per heavy atom. The van der Waals surface area contributed by atoms with E-state index in [1.54, 1.807) is 13.2 Å². The van der Waals surface area contributed by atoms with Crippen LogP contribution in [-0.2, 0) is 11.2 Å². The van der Waals surface area contributed by atoms with Crippen LogP contribution in [0.4, 0.5) is 5.13 Å². The van der Waals surface area contributed by atoms with Crippen molar-refractivity contribution in [3.05, 3.63) is 61.7 Å². The molecule has 1 atom stereocenters. The van der Waals surface area contributed by atoms with Crippen molar-refractivity contribution in [2.75, 3.05) is 25.6 Å². The highest BCUT2D eigenvalue weighted by Gasteiger charge is 2.15. The first kappa shape index (κ1) is 28.4. The number of nitrogens with zero attached hydrogens (tertiary/aromatic N) is 3. The normalized spacial score (nSPS) is 11.9. The van der Waals surface area contributed by atoms with E-state index in [2.05, 4.69) is 64.1 Å². The number of nitrogens with one attached hydrogen (secondary N) is 1. The lowest BCUT2D eigenvalue weighted by atomic mass is 9.99. The molecule has 2 aromatic carbocycles. The van der Waals surface area contributed by atoms with Gasteiger partial charge in [0.25, 0.3) is 5.91 Å². The average molecular weight is 633 g/mol. The molecule has 0 saturated carbocycles. The minimum absolute atomic E-state index is 0.0625. The molecule has 1 amide bonds. The fourth-order valence-electron chi connectivity index (χ4n) is 3.32. The van der Waals surface area contributed by atoms with Gasteiger partial charge in [-0.2, -0.15) is 5.26 Å². The average Bonchev–Trinajstić information content (AvgIpc) is 3.37. The molecule has 1 N–H and O–H groups in total. The Morgan fingerprint density at radius 3 is 2.54 bits per heavy atom. The van der Waals surface area contributed by atoms with Gasteiger partial charge in [-0.05, 0) is 82.8 Å². The van der Waals surface area contributed by atoms with E-state index in [1.807, 2.05) is 31.2 Å². The lowest BCUT2D eigenvalue weighted by Crippen LogP contribution is -2.13. The molecule has 37 heavy (non-hydrogen) atoms. The predicted octanol–water partition coefficient (Wildman–Crippen LogP) is 6.23. The van der Waals surface area contributed by atoms with E-state index in [0.717, 1.165) is 27.2 Å². The minimum Gasteiger partial charge on any atom is -0.493 e. The second kappa shape index (κ2) is 13.9. The molecule has 0 aliphatic rings. The second-order valence-corrected chi connectivity index (χ2v) is 10.3. The van der Waals surface area contributed by atoms with Crippen LogP contribution < -0.4 is 19.5 Å². The number of carbonyl (C=O) groups is 1. The van der Waals surface area contributed by atoms with Gasteiger partial charge in [-0.3, -0.25) is 10.1 Å². The highest BCUT2D eigenvalue weighted by molar-refractivity contribution is 14.1. The number of nitriles is 1. The van der Waals surface area contributed by atoms with Crippen molar-refractivity contribution in [3.8, 4) is 23.3 Å². The van der Waals surface area contributed by atoms with Gasteiger partial charge in [0.2, 0.25) is 5.13 Å². The SMILES string of the molecule is CCc1nnc(NC(=O)C(C#N)=Cc2cc(I)c(OCCOc3ccc(C(C)CC)cc3)c(OC)c2)s1. The molecule has 0 aliphatic carbocycles. The van der Waals surface area contributed by atoms with Crippen LogP contribution in [0.5, 0.6) is 17.2 Å². The van der Waals surface area contributed by atoms with Gasteiger partial charge in [-0.15, -0.1) is 10.2 Å². The van der Waals surface area contributed by atoms with Gasteiger partial charge in [0.1, 0.15) is 35.6 Å². The Kier molecular flexibility index (Phi) is 10.7. The molecule has 1 heterocycles. The molecule has 3 aromatic rings. The van der Waals surface area contributed by atoms with Crippen LogP contribution in [-0.4, -0.2) is 36.4 Å². The molecule has 1 unspecified atom stereocenters. The largest absolute Gasteiger partial charge is 0.493 e. The summed E-state index contributed by atoms with van der Waals surface area (Å²) >= 11 is 3.42. The van der Waals surface area contributed by atoms with Crippen LogP contribution in [0.2, 0.25) is 0 Å². The Labute approximate surface area is 234 Å². The van der Waals surface area contributed by atoms with E-state index < -0.39 is 5.91 Å². The molecule has 0 fully saturated rings. The van der Waals surface area contributed by atoms with E-state index in [9.17, 15) is 10.1 Å². The summed E-state index contributed by atoms with van der Waals surface area (Å²) in [6.07, 6.45) is 3.31. The number of amides is 1. The first-order chi connectivity index (χ1) is 17.9. The topological polar surface area (TPSA) is 106 Å². The Balaban J connectivity index is 1.63. The summed E-state index contributed by atoms with van der Waals surface area (Å²) in [7, 11) is 1.54. The van der Waals surface area contributed by atoms with Crippen LogP contribution >= 0.6 is 33.9 Å². The maximum atomic E-state index is 12.6. The number of ether oxygens (including phenoxy) is 3. The number of rotatable bonds is 12. The second-order valence-electron chi connectivity index (χ2n) is 8.09. The van der Waals surface area contributed by atoms with Gasteiger partial charge < -0.3 is 14.2 Å². The van der Waals surface area contributed by atoms with E-state index in [-0.39, 0.29) is 5.57 Å².